The van der Waals surface area contributed by atoms with Crippen LogP contribution in [0.4, 0.5) is 8.78 Å². The van der Waals surface area contributed by atoms with Crippen molar-refractivity contribution in [2.24, 2.45) is 4.99 Å². The third-order valence-corrected chi connectivity index (χ3v) is 4.67. The second kappa shape index (κ2) is 10.9. The smallest absolute Gasteiger partial charge is 0.191 e. The molecule has 2 rings (SSSR count). The number of benzene rings is 1. The molecule has 2 atom stereocenters. The van der Waals surface area contributed by atoms with Gasteiger partial charge >= 0.3 is 0 Å². The molecule has 4 nitrogen and oxygen atoms in total. The Morgan fingerprint density at radius 2 is 2.12 bits per heavy atom. The molecule has 0 aliphatic carbocycles. The highest BCUT2D eigenvalue weighted by Crippen LogP contribution is 2.18. The number of likely N-dealkylation sites (N-methyl/N-ethyl adjacent to an activating group) is 1. The Hall–Kier alpha value is -0.960. The summed E-state index contributed by atoms with van der Waals surface area (Å²) >= 11 is 0. The predicted molar refractivity (Wildman–Crippen MR) is 110 cm³/mol. The van der Waals surface area contributed by atoms with Gasteiger partial charge < -0.3 is 10.6 Å². The lowest BCUT2D eigenvalue weighted by atomic mass is 10.0. The fourth-order valence-electron chi connectivity index (χ4n) is 3.25. The Morgan fingerprint density at radius 3 is 2.76 bits per heavy atom. The second-order valence-corrected chi connectivity index (χ2v) is 6.26. The van der Waals surface area contributed by atoms with Crippen LogP contribution in [0.3, 0.4) is 0 Å². The summed E-state index contributed by atoms with van der Waals surface area (Å²) in [6.45, 7) is 7.03. The van der Waals surface area contributed by atoms with Crippen LogP contribution >= 0.6 is 24.0 Å². The average Bonchev–Trinajstić information content (AvgIpc) is 2.58. The Balaban J connectivity index is 0.00000312. The first-order valence-corrected chi connectivity index (χ1v) is 8.71. The highest BCUT2D eigenvalue weighted by Gasteiger charge is 2.21. The molecule has 0 saturated carbocycles. The minimum atomic E-state index is -0.567. The van der Waals surface area contributed by atoms with Crippen molar-refractivity contribution < 1.29 is 8.78 Å². The van der Waals surface area contributed by atoms with E-state index < -0.39 is 11.6 Å². The lowest BCUT2D eigenvalue weighted by Crippen LogP contribution is -2.49. The molecule has 25 heavy (non-hydrogen) atoms. The summed E-state index contributed by atoms with van der Waals surface area (Å²) in [5, 5.41) is 6.51. The Labute approximate surface area is 166 Å². The van der Waals surface area contributed by atoms with E-state index in [9.17, 15) is 8.78 Å². The van der Waals surface area contributed by atoms with E-state index in [0.717, 1.165) is 25.7 Å². The first-order valence-electron chi connectivity index (χ1n) is 8.71. The molecule has 2 unspecified atom stereocenters. The quantitative estimate of drug-likeness (QED) is 0.395. The lowest BCUT2D eigenvalue weighted by molar-refractivity contribution is 0.157. The number of piperidine rings is 1. The minimum absolute atomic E-state index is 0. The number of hydrogen-bond acceptors (Lipinski definition) is 2. The summed E-state index contributed by atoms with van der Waals surface area (Å²) in [5.41, 5.74) is 0.423. The topological polar surface area (TPSA) is 39.7 Å². The summed E-state index contributed by atoms with van der Waals surface area (Å²) in [4.78, 5) is 6.69. The van der Waals surface area contributed by atoms with Crippen molar-refractivity contribution in [1.29, 1.82) is 0 Å². The Kier molecular flexibility index (Phi) is 9.63. The van der Waals surface area contributed by atoms with E-state index >= 15 is 0 Å². The highest BCUT2D eigenvalue weighted by atomic mass is 127. The van der Waals surface area contributed by atoms with E-state index in [2.05, 4.69) is 27.4 Å². The van der Waals surface area contributed by atoms with E-state index in [-0.39, 0.29) is 30.0 Å². The Bertz CT molecular complexity index is 568. The lowest BCUT2D eigenvalue weighted by Gasteiger charge is -2.35. The summed E-state index contributed by atoms with van der Waals surface area (Å²) in [6.07, 6.45) is 3.70. The number of rotatable bonds is 5. The van der Waals surface area contributed by atoms with Crippen LogP contribution in [0.5, 0.6) is 0 Å². The molecule has 1 aliphatic rings. The van der Waals surface area contributed by atoms with Gasteiger partial charge in [-0.3, -0.25) is 9.89 Å². The predicted octanol–water partition coefficient (Wildman–Crippen LogP) is 3.68. The molecular formula is C18H29F2IN4. The van der Waals surface area contributed by atoms with Crippen molar-refractivity contribution in [3.8, 4) is 0 Å². The number of hydrogen-bond donors (Lipinski definition) is 2. The zero-order chi connectivity index (χ0) is 17.5. The monoisotopic (exact) mass is 466 g/mol. The van der Waals surface area contributed by atoms with Crippen LogP contribution in [0.25, 0.3) is 0 Å². The largest absolute Gasteiger partial charge is 0.355 e. The van der Waals surface area contributed by atoms with Crippen LogP contribution in [0.2, 0.25) is 0 Å². The van der Waals surface area contributed by atoms with Crippen LogP contribution in [0, 0.1) is 11.6 Å². The van der Waals surface area contributed by atoms with Crippen molar-refractivity contribution in [3.05, 3.63) is 35.4 Å². The molecule has 7 heteroatoms. The van der Waals surface area contributed by atoms with Gasteiger partial charge in [-0.25, -0.2) is 8.78 Å². The van der Waals surface area contributed by atoms with Gasteiger partial charge in [-0.2, -0.15) is 0 Å². The number of halogens is 3. The maximum absolute atomic E-state index is 13.9. The number of likely N-dealkylation sites (tertiary alicyclic amines) is 1. The third kappa shape index (κ3) is 6.36. The highest BCUT2D eigenvalue weighted by molar-refractivity contribution is 14.0. The van der Waals surface area contributed by atoms with Crippen LogP contribution in [-0.4, -0.2) is 43.6 Å². The molecule has 142 valence electrons. The van der Waals surface area contributed by atoms with E-state index in [4.69, 9.17) is 0 Å². The van der Waals surface area contributed by atoms with Gasteiger partial charge in [0.2, 0.25) is 0 Å². The van der Waals surface area contributed by atoms with E-state index in [0.29, 0.717) is 17.6 Å². The zero-order valence-electron chi connectivity index (χ0n) is 15.2. The molecule has 0 spiro atoms. The van der Waals surface area contributed by atoms with E-state index in [1.54, 1.807) is 7.05 Å². The number of nitrogens with zero attached hydrogens (tertiary/aromatic N) is 2. The summed E-state index contributed by atoms with van der Waals surface area (Å²) < 4.78 is 26.9. The zero-order valence-corrected chi connectivity index (χ0v) is 17.5. The molecule has 1 heterocycles. The van der Waals surface area contributed by atoms with E-state index in [1.165, 1.54) is 31.4 Å². The van der Waals surface area contributed by atoms with Crippen LogP contribution < -0.4 is 10.6 Å². The number of aliphatic imine (C=N–C) groups is 1. The Morgan fingerprint density at radius 1 is 1.36 bits per heavy atom. The van der Waals surface area contributed by atoms with Crippen LogP contribution in [-0.2, 0) is 0 Å². The average molecular weight is 466 g/mol. The van der Waals surface area contributed by atoms with Gasteiger partial charge in [-0.15, -0.1) is 24.0 Å². The summed E-state index contributed by atoms with van der Waals surface area (Å²) in [7, 11) is 1.70. The standard InChI is InChI=1S/C18H28F2N4.HI/c1-4-24-10-6-5-7-15(24)12-22-18(21-3)23-13(2)16-9-8-14(19)11-17(16)20;/h8-9,11,13,15H,4-7,10,12H2,1-3H3,(H2,21,22,23);1H. The normalized spacial score (nSPS) is 19.9. The maximum Gasteiger partial charge on any atom is 0.191 e. The molecule has 1 saturated heterocycles. The molecule has 2 N–H and O–H groups in total. The molecule has 1 aliphatic heterocycles. The molecule has 1 fully saturated rings. The summed E-state index contributed by atoms with van der Waals surface area (Å²) in [5.74, 6) is -0.481. The fraction of sp³-hybridized carbons (Fsp3) is 0.611. The molecule has 0 aromatic heterocycles. The first kappa shape index (κ1) is 22.1. The van der Waals surface area contributed by atoms with Crippen molar-refractivity contribution >= 4 is 29.9 Å². The third-order valence-electron chi connectivity index (χ3n) is 4.67. The van der Waals surface area contributed by atoms with Gasteiger partial charge in [-0.1, -0.05) is 19.4 Å². The fourth-order valence-corrected chi connectivity index (χ4v) is 3.25. The molecule has 1 aromatic carbocycles. The van der Waals surface area contributed by atoms with Crippen molar-refractivity contribution in [2.75, 3.05) is 26.7 Å². The van der Waals surface area contributed by atoms with Crippen LogP contribution in [0.15, 0.2) is 23.2 Å². The van der Waals surface area contributed by atoms with Crippen LogP contribution in [0.1, 0.15) is 44.7 Å². The SMILES string of the molecule is CCN1CCCCC1CNC(=NC)NC(C)c1ccc(F)cc1F.I. The van der Waals surface area contributed by atoms with Gasteiger partial charge in [0.05, 0.1) is 6.04 Å². The first-order chi connectivity index (χ1) is 11.5. The van der Waals surface area contributed by atoms with Crippen molar-refractivity contribution in [3.63, 3.8) is 0 Å². The van der Waals surface area contributed by atoms with Gasteiger partial charge in [0.15, 0.2) is 5.96 Å². The van der Waals surface area contributed by atoms with Crippen molar-refractivity contribution in [2.45, 2.75) is 45.2 Å². The maximum atomic E-state index is 13.9. The molecule has 0 amide bonds. The number of guanidine groups is 1. The van der Waals surface area contributed by atoms with Gasteiger partial charge in [0.25, 0.3) is 0 Å². The van der Waals surface area contributed by atoms with Crippen molar-refractivity contribution in [1.82, 2.24) is 15.5 Å². The van der Waals surface area contributed by atoms with Gasteiger partial charge in [0.1, 0.15) is 11.6 Å². The van der Waals surface area contributed by atoms with Gasteiger partial charge in [-0.05, 0) is 38.9 Å². The summed E-state index contributed by atoms with van der Waals surface area (Å²) in [6, 6.07) is 3.85. The molecular weight excluding hydrogens is 437 g/mol. The van der Waals surface area contributed by atoms with Gasteiger partial charge in [0, 0.05) is 31.3 Å². The number of nitrogens with one attached hydrogen (secondary N) is 2. The molecule has 1 aromatic rings. The molecule has 0 bridgehead atoms. The second-order valence-electron chi connectivity index (χ2n) is 6.26. The molecule has 0 radical (unpaired) electrons. The minimum Gasteiger partial charge on any atom is -0.355 e. The van der Waals surface area contributed by atoms with E-state index in [1.807, 2.05) is 6.92 Å².